The first-order valence-electron chi connectivity index (χ1n) is 9.86. The molecule has 3 rings (SSSR count). The minimum Gasteiger partial charge on any atom is -0.508 e. The van der Waals surface area contributed by atoms with E-state index in [0.717, 1.165) is 18.2 Å². The second kappa shape index (κ2) is 10.4. The monoisotopic (exact) mass is 478 g/mol. The fourth-order valence-corrected chi connectivity index (χ4v) is 3.01. The predicted octanol–water partition coefficient (Wildman–Crippen LogP) is -0.270. The summed E-state index contributed by atoms with van der Waals surface area (Å²) in [7, 11) is 0. The molecule has 182 valence electrons. The van der Waals surface area contributed by atoms with Crippen molar-refractivity contribution in [3.8, 4) is 23.0 Å². The summed E-state index contributed by atoms with van der Waals surface area (Å²) in [5, 5.41) is 67.9. The summed E-state index contributed by atoms with van der Waals surface area (Å²) in [6.07, 6.45) is -6.10. The Hall–Kier alpha value is -3.84. The lowest BCUT2D eigenvalue weighted by Crippen LogP contribution is -2.59. The molecule has 1 saturated heterocycles. The number of hydrogen-bond donors (Lipinski definition) is 7. The van der Waals surface area contributed by atoms with Gasteiger partial charge in [0, 0.05) is 6.08 Å². The Bertz CT molecular complexity index is 1040. The van der Waals surface area contributed by atoms with E-state index < -0.39 is 72.1 Å². The van der Waals surface area contributed by atoms with Gasteiger partial charge in [0.25, 0.3) is 0 Å². The number of phenols is 4. The number of aliphatic hydroxyl groups is 3. The Morgan fingerprint density at radius 2 is 1.53 bits per heavy atom. The van der Waals surface area contributed by atoms with E-state index in [1.54, 1.807) is 12.1 Å². The van der Waals surface area contributed by atoms with E-state index in [2.05, 4.69) is 0 Å². The van der Waals surface area contributed by atoms with Crippen LogP contribution in [0.3, 0.4) is 0 Å². The summed E-state index contributed by atoms with van der Waals surface area (Å²) < 4.78 is 15.2. The summed E-state index contributed by atoms with van der Waals surface area (Å²) in [6.45, 7) is -0.571. The summed E-state index contributed by atoms with van der Waals surface area (Å²) in [4.78, 5) is 24.3. The predicted molar refractivity (Wildman–Crippen MR) is 112 cm³/mol. The van der Waals surface area contributed by atoms with Crippen LogP contribution in [0, 0.1) is 0 Å². The Morgan fingerprint density at radius 1 is 0.912 bits per heavy atom. The average Bonchev–Trinajstić information content (AvgIpc) is 2.81. The third-order valence-electron chi connectivity index (χ3n) is 4.89. The minimum absolute atomic E-state index is 0.0539. The number of benzene rings is 2. The highest BCUT2D eigenvalue weighted by Gasteiger charge is 2.46. The Kier molecular flexibility index (Phi) is 7.58. The van der Waals surface area contributed by atoms with Crippen LogP contribution in [0.5, 0.6) is 23.0 Å². The van der Waals surface area contributed by atoms with Crippen LogP contribution in [0.1, 0.15) is 15.9 Å². The van der Waals surface area contributed by atoms with Gasteiger partial charge in [-0.2, -0.15) is 0 Å². The van der Waals surface area contributed by atoms with Gasteiger partial charge in [-0.05, 0) is 35.9 Å². The SMILES string of the molecule is O=C(/C=C/c1ccc(O)cc1)OC[C@@H]1O[C@@H](OC(=O)c2cc(O)c(O)c(O)c2)[C@@H](O)[C@@H](O)[C@@H]1O. The van der Waals surface area contributed by atoms with Gasteiger partial charge in [0.05, 0.1) is 5.56 Å². The first-order chi connectivity index (χ1) is 16.1. The van der Waals surface area contributed by atoms with Crippen molar-refractivity contribution in [3.05, 3.63) is 53.6 Å². The first kappa shape index (κ1) is 24.8. The highest BCUT2D eigenvalue weighted by Crippen LogP contribution is 2.36. The minimum atomic E-state index is -1.88. The number of aromatic hydroxyl groups is 4. The molecule has 2 aromatic carbocycles. The first-order valence-corrected chi connectivity index (χ1v) is 9.86. The van der Waals surface area contributed by atoms with Gasteiger partial charge >= 0.3 is 11.9 Å². The fraction of sp³-hybridized carbons (Fsp3) is 0.273. The molecular weight excluding hydrogens is 456 g/mol. The van der Waals surface area contributed by atoms with Crippen molar-refractivity contribution < 1.29 is 59.5 Å². The van der Waals surface area contributed by atoms with Crippen molar-refractivity contribution in [2.24, 2.45) is 0 Å². The third-order valence-corrected chi connectivity index (χ3v) is 4.89. The van der Waals surface area contributed by atoms with Gasteiger partial charge in [0.15, 0.2) is 17.2 Å². The summed E-state index contributed by atoms with van der Waals surface area (Å²) in [6, 6.07) is 7.53. The maximum Gasteiger partial charge on any atom is 0.340 e. The van der Waals surface area contributed by atoms with Crippen molar-refractivity contribution in [3.63, 3.8) is 0 Å². The number of esters is 2. The number of carbonyl (C=O) groups excluding carboxylic acids is 2. The van der Waals surface area contributed by atoms with Gasteiger partial charge in [-0.3, -0.25) is 0 Å². The van der Waals surface area contributed by atoms with E-state index in [-0.39, 0.29) is 5.75 Å². The lowest BCUT2D eigenvalue weighted by atomic mass is 9.99. The fourth-order valence-electron chi connectivity index (χ4n) is 3.01. The van der Waals surface area contributed by atoms with E-state index in [4.69, 9.17) is 14.2 Å². The number of ether oxygens (including phenoxy) is 3. The molecule has 1 aliphatic heterocycles. The maximum absolute atomic E-state index is 12.3. The molecule has 5 atom stereocenters. The Morgan fingerprint density at radius 3 is 2.15 bits per heavy atom. The Labute approximate surface area is 192 Å². The van der Waals surface area contributed by atoms with Crippen LogP contribution < -0.4 is 0 Å². The largest absolute Gasteiger partial charge is 0.508 e. The molecule has 7 N–H and O–H groups in total. The molecule has 34 heavy (non-hydrogen) atoms. The van der Waals surface area contributed by atoms with Gasteiger partial charge in [-0.1, -0.05) is 12.1 Å². The van der Waals surface area contributed by atoms with Crippen LogP contribution in [0.2, 0.25) is 0 Å². The van der Waals surface area contributed by atoms with Crippen molar-refractivity contribution >= 4 is 18.0 Å². The van der Waals surface area contributed by atoms with E-state index in [0.29, 0.717) is 5.56 Å². The number of phenolic OH excluding ortho intramolecular Hbond substituents is 4. The molecule has 1 aliphatic rings. The van der Waals surface area contributed by atoms with Crippen LogP contribution in [-0.4, -0.2) is 85.0 Å². The van der Waals surface area contributed by atoms with Gasteiger partial charge in [0.1, 0.15) is 36.8 Å². The van der Waals surface area contributed by atoms with E-state index in [9.17, 15) is 45.3 Å². The normalized spacial score (nSPS) is 24.6. The molecule has 0 saturated carbocycles. The quantitative estimate of drug-likeness (QED) is 0.163. The van der Waals surface area contributed by atoms with Crippen molar-refractivity contribution in [2.75, 3.05) is 6.61 Å². The van der Waals surface area contributed by atoms with Crippen molar-refractivity contribution in [2.45, 2.75) is 30.7 Å². The number of hydrogen-bond acceptors (Lipinski definition) is 12. The summed E-state index contributed by atoms with van der Waals surface area (Å²) in [5.74, 6) is -4.45. The molecule has 1 heterocycles. The van der Waals surface area contributed by atoms with Gasteiger partial charge < -0.3 is 50.0 Å². The summed E-state index contributed by atoms with van der Waals surface area (Å²) >= 11 is 0. The standard InChI is InChI=1S/C22H22O12/c23-12-4-1-10(2-5-12)3-6-16(26)32-9-15-18(28)19(29)20(30)22(33-15)34-21(31)11-7-13(24)17(27)14(25)8-11/h1-8,15,18-20,22-25,27-30H,9H2/b6-3+/t15-,18+,19-,20-,22-/m0/s1. The second-order valence-corrected chi connectivity index (χ2v) is 7.34. The van der Waals surface area contributed by atoms with Crippen molar-refractivity contribution in [1.29, 1.82) is 0 Å². The zero-order valence-electron chi connectivity index (χ0n) is 17.4. The number of carbonyl (C=O) groups is 2. The molecule has 0 aliphatic carbocycles. The number of rotatable bonds is 6. The molecule has 0 amide bonds. The number of aliphatic hydroxyl groups excluding tert-OH is 3. The topological polar surface area (TPSA) is 203 Å². The Balaban J connectivity index is 1.62. The van der Waals surface area contributed by atoms with Gasteiger partial charge in [-0.25, -0.2) is 9.59 Å². The van der Waals surface area contributed by atoms with Gasteiger partial charge in [-0.15, -0.1) is 0 Å². The zero-order valence-corrected chi connectivity index (χ0v) is 17.4. The molecule has 0 radical (unpaired) electrons. The molecule has 0 spiro atoms. The van der Waals surface area contributed by atoms with E-state index >= 15 is 0 Å². The molecule has 0 unspecified atom stereocenters. The highest BCUT2D eigenvalue weighted by molar-refractivity contribution is 5.91. The summed E-state index contributed by atoms with van der Waals surface area (Å²) in [5.41, 5.74) is 0.187. The smallest absolute Gasteiger partial charge is 0.340 e. The zero-order chi connectivity index (χ0) is 25.0. The van der Waals surface area contributed by atoms with Gasteiger partial charge in [0.2, 0.25) is 6.29 Å². The highest BCUT2D eigenvalue weighted by atomic mass is 16.7. The van der Waals surface area contributed by atoms with E-state index in [1.165, 1.54) is 18.2 Å². The molecular formula is C22H22O12. The molecule has 0 aromatic heterocycles. The average molecular weight is 478 g/mol. The molecule has 12 nitrogen and oxygen atoms in total. The van der Waals surface area contributed by atoms with E-state index in [1.807, 2.05) is 0 Å². The van der Waals surface area contributed by atoms with Crippen molar-refractivity contribution in [1.82, 2.24) is 0 Å². The van der Waals surface area contributed by atoms with Crippen LogP contribution in [0.4, 0.5) is 0 Å². The van der Waals surface area contributed by atoms with Crippen LogP contribution >= 0.6 is 0 Å². The molecule has 0 bridgehead atoms. The van der Waals surface area contributed by atoms with Crippen LogP contribution in [-0.2, 0) is 19.0 Å². The lowest BCUT2D eigenvalue weighted by Gasteiger charge is -2.39. The molecule has 2 aromatic rings. The molecule has 1 fully saturated rings. The van der Waals surface area contributed by atoms with Crippen LogP contribution in [0.25, 0.3) is 6.08 Å². The third kappa shape index (κ3) is 5.74. The molecule has 12 heteroatoms. The van der Waals surface area contributed by atoms with Crippen LogP contribution in [0.15, 0.2) is 42.5 Å². The maximum atomic E-state index is 12.3. The second-order valence-electron chi connectivity index (χ2n) is 7.34. The lowest BCUT2D eigenvalue weighted by molar-refractivity contribution is -0.285.